The molecule has 1 saturated carbocycles. The monoisotopic (exact) mass is 325 g/mol. The van der Waals surface area contributed by atoms with Crippen molar-refractivity contribution >= 4 is 41.5 Å². The van der Waals surface area contributed by atoms with Gasteiger partial charge in [-0.25, -0.2) is 0 Å². The van der Waals surface area contributed by atoms with Gasteiger partial charge in [0.25, 0.3) is 0 Å². The van der Waals surface area contributed by atoms with Crippen molar-refractivity contribution < 1.29 is 38.5 Å². The van der Waals surface area contributed by atoms with E-state index < -0.39 is 64.1 Å². The lowest BCUT2D eigenvalue weighted by Crippen LogP contribution is -2.54. The molecule has 10 heteroatoms. The van der Waals surface area contributed by atoms with E-state index in [9.17, 15) is 43.7 Å². The first-order valence-corrected chi connectivity index (χ1v) is 6.39. The maximum absolute atomic E-state index is 12.0. The fraction of sp³-hybridized carbons (Fsp3) is 0.462. The summed E-state index contributed by atoms with van der Waals surface area (Å²) in [5, 5.41) is 10.4. The first-order valence-electron chi connectivity index (χ1n) is 6.39. The molecule has 0 bridgehead atoms. The topological polar surface area (TPSA) is 163 Å². The van der Waals surface area contributed by atoms with Crippen LogP contribution in [-0.2, 0) is 33.6 Å². The van der Waals surface area contributed by atoms with Gasteiger partial charge in [-0.3, -0.25) is 34.1 Å². The van der Waals surface area contributed by atoms with E-state index in [0.717, 1.165) is 6.92 Å². The summed E-state index contributed by atoms with van der Waals surface area (Å²) < 4.78 is 0. The Morgan fingerprint density at radius 1 is 1.09 bits per heavy atom. The van der Waals surface area contributed by atoms with Crippen LogP contribution in [-0.4, -0.2) is 53.0 Å². The van der Waals surface area contributed by atoms with Crippen LogP contribution >= 0.6 is 0 Å². The van der Waals surface area contributed by atoms with E-state index >= 15 is 0 Å². The fourth-order valence-electron chi connectivity index (χ4n) is 2.19. The molecule has 3 unspecified atom stereocenters. The highest BCUT2D eigenvalue weighted by Gasteiger charge is 2.53. The lowest BCUT2D eigenvalue weighted by Gasteiger charge is -2.25. The maximum atomic E-state index is 12.0. The number of Topliss-reactive ketones (excluding diaryl/α,β-unsaturated/α-hetero) is 5. The molecule has 0 aromatic heterocycles. The Morgan fingerprint density at radius 2 is 1.52 bits per heavy atom. The Bertz CT molecular complexity index is 605. The summed E-state index contributed by atoms with van der Waals surface area (Å²) in [4.78, 5) is 90.5. The van der Waals surface area contributed by atoms with E-state index in [2.05, 4.69) is 0 Å². The number of nitro groups is 1. The van der Waals surface area contributed by atoms with Gasteiger partial charge in [0.2, 0.25) is 18.1 Å². The molecule has 1 aliphatic carbocycles. The minimum Gasteiger partial charge on any atom is -0.302 e. The van der Waals surface area contributed by atoms with Crippen molar-refractivity contribution in [1.29, 1.82) is 0 Å². The van der Waals surface area contributed by atoms with Gasteiger partial charge in [-0.05, 0) is 6.92 Å². The lowest BCUT2D eigenvalue weighted by atomic mass is 9.70. The highest BCUT2D eigenvalue weighted by atomic mass is 16.6. The summed E-state index contributed by atoms with van der Waals surface area (Å²) >= 11 is 0. The number of carbonyl (C=O) groups excluding carboxylic acids is 7. The predicted molar refractivity (Wildman–Crippen MR) is 68.7 cm³/mol. The number of nitrogens with zero attached hydrogens (tertiary/aromatic N) is 1. The molecule has 0 spiro atoms. The van der Waals surface area contributed by atoms with Crippen molar-refractivity contribution in [3.63, 3.8) is 0 Å². The molecular formula is C13H11NO9. The van der Waals surface area contributed by atoms with E-state index in [1.807, 2.05) is 0 Å². The average Bonchev–Trinajstić information content (AvgIpc) is 2.46. The third kappa shape index (κ3) is 3.30. The molecule has 1 aliphatic rings. The summed E-state index contributed by atoms with van der Waals surface area (Å²) in [5.41, 5.74) is 0. The largest absolute Gasteiger partial charge is 0.302 e. The zero-order chi connectivity index (χ0) is 17.9. The van der Waals surface area contributed by atoms with Gasteiger partial charge in [0.1, 0.15) is 30.3 Å². The number of hydrogen-bond acceptors (Lipinski definition) is 9. The summed E-state index contributed by atoms with van der Waals surface area (Å²) in [7, 11) is 0. The van der Waals surface area contributed by atoms with Crippen LogP contribution in [0.5, 0.6) is 0 Å². The van der Waals surface area contributed by atoms with Crippen LogP contribution in [0.2, 0.25) is 0 Å². The van der Waals surface area contributed by atoms with Crippen molar-refractivity contribution in [2.24, 2.45) is 23.7 Å². The van der Waals surface area contributed by atoms with Crippen LogP contribution < -0.4 is 0 Å². The number of rotatable bonds is 7. The molecule has 1 rings (SSSR count). The molecule has 0 aromatic rings. The Labute approximate surface area is 128 Å². The van der Waals surface area contributed by atoms with Crippen molar-refractivity contribution in [1.82, 2.24) is 0 Å². The standard InChI is InChI=1S/C13H11NO9/c1-5(2-14(22)23)9(17)13(21)8-11(19)6(3-15)10(18)7(4-16)12(8)20/h3-8H,2H2,1H3. The molecule has 1 fully saturated rings. The summed E-state index contributed by atoms with van der Waals surface area (Å²) in [5.74, 6) is -14.6. The molecule has 0 aromatic carbocycles. The molecule has 0 heterocycles. The van der Waals surface area contributed by atoms with Crippen molar-refractivity contribution in [2.75, 3.05) is 6.54 Å². The molecule has 0 aliphatic heterocycles. The predicted octanol–water partition coefficient (Wildman–Crippen LogP) is -2.00. The minimum absolute atomic E-state index is 0.112. The lowest BCUT2D eigenvalue weighted by molar-refractivity contribution is -0.484. The zero-order valence-corrected chi connectivity index (χ0v) is 11.8. The Morgan fingerprint density at radius 3 is 1.87 bits per heavy atom. The van der Waals surface area contributed by atoms with E-state index in [4.69, 9.17) is 0 Å². The second-order valence-electron chi connectivity index (χ2n) is 5.01. The van der Waals surface area contributed by atoms with Crippen LogP contribution in [0.25, 0.3) is 0 Å². The second-order valence-corrected chi connectivity index (χ2v) is 5.01. The fourth-order valence-corrected chi connectivity index (χ4v) is 2.19. The van der Waals surface area contributed by atoms with Crippen molar-refractivity contribution in [2.45, 2.75) is 6.92 Å². The normalized spacial score (nSPS) is 25.6. The van der Waals surface area contributed by atoms with Gasteiger partial charge in [-0.2, -0.15) is 0 Å². The van der Waals surface area contributed by atoms with Gasteiger partial charge in [0.15, 0.2) is 17.3 Å². The Hall–Kier alpha value is -2.91. The van der Waals surface area contributed by atoms with Crippen LogP contribution in [0.15, 0.2) is 0 Å². The van der Waals surface area contributed by atoms with Gasteiger partial charge in [-0.1, -0.05) is 0 Å². The molecule has 0 saturated heterocycles. The third-order valence-corrected chi connectivity index (χ3v) is 3.44. The van der Waals surface area contributed by atoms with Gasteiger partial charge in [-0.15, -0.1) is 0 Å². The number of carbonyl (C=O) groups is 7. The van der Waals surface area contributed by atoms with Gasteiger partial charge >= 0.3 is 0 Å². The van der Waals surface area contributed by atoms with E-state index in [-0.39, 0.29) is 12.6 Å². The van der Waals surface area contributed by atoms with Crippen molar-refractivity contribution in [3.05, 3.63) is 10.1 Å². The SMILES string of the molecule is CC(C[N+](=O)[O-])C(=O)C(=O)C1C(=O)C(C=O)C(=O)C(C=O)C1=O. The first-order chi connectivity index (χ1) is 10.7. The number of ketones is 5. The quantitative estimate of drug-likeness (QED) is 0.169. The second kappa shape index (κ2) is 6.90. The van der Waals surface area contributed by atoms with Crippen LogP contribution in [0.1, 0.15) is 6.92 Å². The molecule has 0 N–H and O–H groups in total. The molecule has 10 nitrogen and oxygen atoms in total. The van der Waals surface area contributed by atoms with Gasteiger partial charge in [0.05, 0.1) is 5.92 Å². The highest BCUT2D eigenvalue weighted by molar-refractivity contribution is 6.51. The smallest absolute Gasteiger partial charge is 0.216 e. The first kappa shape index (κ1) is 18.1. The van der Waals surface area contributed by atoms with Crippen LogP contribution in [0.3, 0.4) is 0 Å². The summed E-state index contributed by atoms with van der Waals surface area (Å²) in [6, 6.07) is 0. The molecule has 0 radical (unpaired) electrons. The highest BCUT2D eigenvalue weighted by Crippen LogP contribution is 2.25. The average molecular weight is 325 g/mol. The van der Waals surface area contributed by atoms with E-state index in [1.54, 1.807) is 0 Å². The number of aldehydes is 2. The van der Waals surface area contributed by atoms with E-state index in [1.165, 1.54) is 0 Å². The molecule has 122 valence electrons. The molecule has 3 atom stereocenters. The summed E-state index contributed by atoms with van der Waals surface area (Å²) in [6.07, 6.45) is -0.225. The number of hydrogen-bond donors (Lipinski definition) is 0. The Balaban J connectivity index is 3.17. The zero-order valence-electron chi connectivity index (χ0n) is 11.8. The molecule has 23 heavy (non-hydrogen) atoms. The van der Waals surface area contributed by atoms with Crippen LogP contribution in [0, 0.1) is 33.8 Å². The minimum atomic E-state index is -2.26. The van der Waals surface area contributed by atoms with Gasteiger partial charge in [0, 0.05) is 4.92 Å². The summed E-state index contributed by atoms with van der Waals surface area (Å²) in [6.45, 7) is 0.160. The van der Waals surface area contributed by atoms with Gasteiger partial charge < -0.3 is 9.59 Å². The van der Waals surface area contributed by atoms with Crippen LogP contribution in [0.4, 0.5) is 0 Å². The molecule has 0 amide bonds. The Kier molecular flexibility index (Phi) is 5.44. The van der Waals surface area contributed by atoms with Crippen molar-refractivity contribution in [3.8, 4) is 0 Å². The molecular weight excluding hydrogens is 314 g/mol. The maximum Gasteiger partial charge on any atom is 0.216 e. The third-order valence-electron chi connectivity index (χ3n) is 3.44. The van der Waals surface area contributed by atoms with E-state index in [0.29, 0.717) is 0 Å².